The van der Waals surface area contributed by atoms with Crippen molar-refractivity contribution in [2.75, 3.05) is 13.1 Å². The van der Waals surface area contributed by atoms with Gasteiger partial charge in [-0.25, -0.2) is 0 Å². The van der Waals surface area contributed by atoms with Gasteiger partial charge in [-0.1, -0.05) is 60.7 Å². The van der Waals surface area contributed by atoms with Crippen molar-refractivity contribution >= 4 is 5.97 Å². The minimum atomic E-state index is -0.152. The second-order valence-electron chi connectivity index (χ2n) is 5.70. The van der Waals surface area contributed by atoms with Crippen molar-refractivity contribution in [3.8, 4) is 0 Å². The highest BCUT2D eigenvalue weighted by Gasteiger charge is 2.29. The number of piperidine rings is 1. The van der Waals surface area contributed by atoms with Gasteiger partial charge in [0.05, 0.1) is 6.42 Å². The summed E-state index contributed by atoms with van der Waals surface area (Å²) in [5.74, 6) is 0.128. The van der Waals surface area contributed by atoms with Crippen LogP contribution in [0.3, 0.4) is 0 Å². The molecule has 0 spiro atoms. The summed E-state index contributed by atoms with van der Waals surface area (Å²) in [6, 6.07) is 20.1. The maximum absolute atomic E-state index is 12.2. The van der Waals surface area contributed by atoms with E-state index in [1.54, 1.807) is 0 Å². The maximum atomic E-state index is 12.2. The van der Waals surface area contributed by atoms with E-state index in [0.717, 1.165) is 25.1 Å². The van der Waals surface area contributed by atoms with Crippen LogP contribution >= 0.6 is 0 Å². The molecule has 0 aromatic heterocycles. The Labute approximate surface area is 131 Å². The smallest absolute Gasteiger partial charge is 0.310 e. The Hall–Kier alpha value is -2.13. The lowest BCUT2D eigenvalue weighted by atomic mass is 9.88. The summed E-state index contributed by atoms with van der Waals surface area (Å²) in [6.07, 6.45) is 1.24. The van der Waals surface area contributed by atoms with E-state index < -0.39 is 0 Å². The van der Waals surface area contributed by atoms with Crippen molar-refractivity contribution in [1.82, 2.24) is 5.32 Å². The Bertz CT molecular complexity index is 597. The van der Waals surface area contributed by atoms with Gasteiger partial charge in [0.25, 0.3) is 0 Å². The van der Waals surface area contributed by atoms with E-state index in [-0.39, 0.29) is 18.0 Å². The molecule has 1 heterocycles. The summed E-state index contributed by atoms with van der Waals surface area (Å²) in [4.78, 5) is 12.2. The van der Waals surface area contributed by atoms with Crippen LogP contribution < -0.4 is 5.32 Å². The molecular formula is C19H21NO2. The summed E-state index contributed by atoms with van der Waals surface area (Å²) < 4.78 is 5.76. The number of rotatable bonds is 4. The topological polar surface area (TPSA) is 38.3 Å². The van der Waals surface area contributed by atoms with Gasteiger partial charge in [0.1, 0.15) is 6.10 Å². The average molecular weight is 295 g/mol. The number of carbonyl (C=O) groups excluding carboxylic acids is 1. The highest BCUT2D eigenvalue weighted by Crippen LogP contribution is 2.27. The lowest BCUT2D eigenvalue weighted by molar-refractivity contribution is -0.150. The Morgan fingerprint density at radius 3 is 2.45 bits per heavy atom. The van der Waals surface area contributed by atoms with E-state index in [4.69, 9.17) is 4.74 Å². The van der Waals surface area contributed by atoms with Crippen LogP contribution in [0.25, 0.3) is 0 Å². The Morgan fingerprint density at radius 2 is 1.73 bits per heavy atom. The molecule has 0 amide bonds. The minimum absolute atomic E-state index is 0.0904. The Balaban J connectivity index is 1.65. The molecule has 1 aliphatic heterocycles. The fraction of sp³-hybridized carbons (Fsp3) is 0.316. The van der Waals surface area contributed by atoms with Crippen molar-refractivity contribution in [2.24, 2.45) is 0 Å². The van der Waals surface area contributed by atoms with Crippen molar-refractivity contribution in [3.63, 3.8) is 0 Å². The van der Waals surface area contributed by atoms with Crippen LogP contribution in [-0.2, 0) is 16.0 Å². The predicted octanol–water partition coefficient (Wildman–Crippen LogP) is 2.92. The molecule has 1 fully saturated rings. The monoisotopic (exact) mass is 295 g/mol. The van der Waals surface area contributed by atoms with Gasteiger partial charge < -0.3 is 10.1 Å². The molecule has 22 heavy (non-hydrogen) atoms. The zero-order valence-electron chi connectivity index (χ0n) is 12.6. The standard InChI is InChI=1S/C19H21NO2/c21-19(13-15-7-3-1-4-8-15)22-18-14-20-12-11-17(18)16-9-5-2-6-10-16/h1-10,17-18,20H,11-14H2/t17-,18+/m1/s1. The number of esters is 1. The van der Waals surface area contributed by atoms with E-state index in [1.165, 1.54) is 5.56 Å². The molecule has 3 heteroatoms. The third-order valence-electron chi connectivity index (χ3n) is 4.13. The van der Waals surface area contributed by atoms with Gasteiger partial charge in [0.2, 0.25) is 0 Å². The molecule has 3 rings (SSSR count). The van der Waals surface area contributed by atoms with Crippen LogP contribution in [0, 0.1) is 0 Å². The molecule has 0 bridgehead atoms. The first-order chi connectivity index (χ1) is 10.8. The van der Waals surface area contributed by atoms with E-state index >= 15 is 0 Å². The Morgan fingerprint density at radius 1 is 1.05 bits per heavy atom. The highest BCUT2D eigenvalue weighted by molar-refractivity contribution is 5.72. The predicted molar refractivity (Wildman–Crippen MR) is 86.7 cm³/mol. The Kier molecular flexibility index (Phi) is 4.86. The second kappa shape index (κ2) is 7.23. The van der Waals surface area contributed by atoms with Crippen LogP contribution in [0.2, 0.25) is 0 Å². The quantitative estimate of drug-likeness (QED) is 0.881. The molecular weight excluding hydrogens is 274 g/mol. The lowest BCUT2D eigenvalue weighted by Gasteiger charge is -2.32. The fourth-order valence-electron chi connectivity index (χ4n) is 3.01. The van der Waals surface area contributed by atoms with Gasteiger partial charge in [-0.2, -0.15) is 0 Å². The van der Waals surface area contributed by atoms with Crippen molar-refractivity contribution in [2.45, 2.75) is 24.9 Å². The second-order valence-corrected chi connectivity index (χ2v) is 5.70. The molecule has 114 valence electrons. The van der Waals surface area contributed by atoms with Crippen LogP contribution in [-0.4, -0.2) is 25.2 Å². The number of carbonyl (C=O) groups is 1. The van der Waals surface area contributed by atoms with Gasteiger partial charge in [-0.05, 0) is 24.1 Å². The first kappa shape index (κ1) is 14.8. The fourth-order valence-corrected chi connectivity index (χ4v) is 3.01. The number of nitrogens with one attached hydrogen (secondary N) is 1. The molecule has 3 nitrogen and oxygen atoms in total. The first-order valence-corrected chi connectivity index (χ1v) is 7.82. The summed E-state index contributed by atoms with van der Waals surface area (Å²) in [5, 5.41) is 3.33. The molecule has 0 unspecified atom stereocenters. The van der Waals surface area contributed by atoms with Crippen molar-refractivity contribution in [1.29, 1.82) is 0 Å². The van der Waals surface area contributed by atoms with Crippen molar-refractivity contribution < 1.29 is 9.53 Å². The highest BCUT2D eigenvalue weighted by atomic mass is 16.5. The van der Waals surface area contributed by atoms with E-state index in [2.05, 4.69) is 17.4 Å². The molecule has 0 saturated carbocycles. The van der Waals surface area contributed by atoms with Gasteiger partial charge >= 0.3 is 5.97 Å². The molecule has 0 aliphatic carbocycles. The van der Waals surface area contributed by atoms with Gasteiger partial charge in [-0.3, -0.25) is 4.79 Å². The van der Waals surface area contributed by atoms with E-state index in [0.29, 0.717) is 6.42 Å². The number of hydrogen-bond donors (Lipinski definition) is 1. The summed E-state index contributed by atoms with van der Waals surface area (Å²) >= 11 is 0. The van der Waals surface area contributed by atoms with E-state index in [9.17, 15) is 4.79 Å². The molecule has 2 aromatic carbocycles. The summed E-state index contributed by atoms with van der Waals surface area (Å²) in [5.41, 5.74) is 2.24. The van der Waals surface area contributed by atoms with Gasteiger partial charge in [0, 0.05) is 12.5 Å². The molecule has 1 aliphatic rings. The lowest BCUT2D eigenvalue weighted by Crippen LogP contribution is -2.42. The molecule has 1 saturated heterocycles. The molecule has 2 aromatic rings. The molecule has 1 N–H and O–H groups in total. The maximum Gasteiger partial charge on any atom is 0.310 e. The zero-order chi connectivity index (χ0) is 15.2. The van der Waals surface area contributed by atoms with Gasteiger partial charge in [0.15, 0.2) is 0 Å². The zero-order valence-corrected chi connectivity index (χ0v) is 12.6. The molecule has 2 atom stereocenters. The average Bonchev–Trinajstić information content (AvgIpc) is 2.57. The summed E-state index contributed by atoms with van der Waals surface area (Å²) in [7, 11) is 0. The molecule has 0 radical (unpaired) electrons. The number of benzene rings is 2. The number of hydrogen-bond acceptors (Lipinski definition) is 3. The normalized spacial score (nSPS) is 21.3. The third kappa shape index (κ3) is 3.74. The first-order valence-electron chi connectivity index (χ1n) is 7.82. The van der Waals surface area contributed by atoms with Crippen LogP contribution in [0.4, 0.5) is 0 Å². The van der Waals surface area contributed by atoms with Crippen LogP contribution in [0.1, 0.15) is 23.5 Å². The van der Waals surface area contributed by atoms with Crippen molar-refractivity contribution in [3.05, 3.63) is 71.8 Å². The van der Waals surface area contributed by atoms with Crippen LogP contribution in [0.5, 0.6) is 0 Å². The SMILES string of the molecule is O=C(Cc1ccccc1)O[C@H]1CNCC[C@@H]1c1ccccc1. The third-order valence-corrected chi connectivity index (χ3v) is 4.13. The van der Waals surface area contributed by atoms with Gasteiger partial charge in [-0.15, -0.1) is 0 Å². The number of ether oxygens (including phenoxy) is 1. The largest absolute Gasteiger partial charge is 0.460 e. The summed E-state index contributed by atoms with van der Waals surface area (Å²) in [6.45, 7) is 1.69. The minimum Gasteiger partial charge on any atom is -0.460 e. The van der Waals surface area contributed by atoms with Crippen LogP contribution in [0.15, 0.2) is 60.7 Å². The van der Waals surface area contributed by atoms with E-state index in [1.807, 2.05) is 48.5 Å².